The first-order chi connectivity index (χ1) is 8.72. The molecular formula is C12H19NO6. The summed E-state index contributed by atoms with van der Waals surface area (Å²) in [6.07, 6.45) is -0.530. The van der Waals surface area contributed by atoms with Gasteiger partial charge in [0, 0.05) is 6.42 Å². The number of carbonyl (C=O) groups is 2. The summed E-state index contributed by atoms with van der Waals surface area (Å²) in [5.74, 6) is -2.07. The zero-order valence-electron chi connectivity index (χ0n) is 11.3. The maximum Gasteiger partial charge on any atom is 0.411 e. The highest BCUT2D eigenvalue weighted by molar-refractivity contribution is 5.81. The van der Waals surface area contributed by atoms with Crippen LogP contribution in [0, 0.1) is 0 Å². The summed E-state index contributed by atoms with van der Waals surface area (Å²) in [7, 11) is 0. The van der Waals surface area contributed by atoms with Gasteiger partial charge in [0.2, 0.25) is 0 Å². The number of likely N-dealkylation sites (tertiary alicyclic amines) is 1. The molecule has 2 saturated heterocycles. The third-order valence-electron chi connectivity index (χ3n) is 3.02. The van der Waals surface area contributed by atoms with Crippen LogP contribution in [0.1, 0.15) is 27.2 Å². The third-order valence-corrected chi connectivity index (χ3v) is 3.02. The summed E-state index contributed by atoms with van der Waals surface area (Å²) in [6, 6.07) is -0.979. The van der Waals surface area contributed by atoms with E-state index in [1.807, 2.05) is 0 Å². The Labute approximate surface area is 111 Å². The molecule has 0 aromatic rings. The Hall–Kier alpha value is -1.34. The highest BCUT2D eigenvalue weighted by atomic mass is 16.7. The van der Waals surface area contributed by atoms with Crippen molar-refractivity contribution in [1.82, 2.24) is 4.90 Å². The topological polar surface area (TPSA) is 85.3 Å². The largest absolute Gasteiger partial charge is 0.480 e. The lowest BCUT2D eigenvalue weighted by atomic mass is 10.1. The number of carbonyl (C=O) groups excluding carboxylic acids is 1. The second kappa shape index (κ2) is 4.64. The van der Waals surface area contributed by atoms with Crippen LogP contribution < -0.4 is 0 Å². The van der Waals surface area contributed by atoms with E-state index in [0.29, 0.717) is 13.2 Å². The summed E-state index contributed by atoms with van der Waals surface area (Å²) in [5.41, 5.74) is -0.673. The molecule has 0 aromatic heterocycles. The monoisotopic (exact) mass is 273 g/mol. The Morgan fingerprint density at radius 2 is 1.89 bits per heavy atom. The molecule has 0 unspecified atom stereocenters. The molecule has 2 fully saturated rings. The van der Waals surface area contributed by atoms with Crippen LogP contribution >= 0.6 is 0 Å². The molecule has 0 saturated carbocycles. The molecule has 1 spiro atoms. The van der Waals surface area contributed by atoms with Crippen LogP contribution in [0.15, 0.2) is 0 Å². The van der Waals surface area contributed by atoms with Crippen molar-refractivity contribution in [2.75, 3.05) is 19.8 Å². The van der Waals surface area contributed by atoms with E-state index in [0.717, 1.165) is 0 Å². The van der Waals surface area contributed by atoms with Crippen molar-refractivity contribution in [3.8, 4) is 0 Å². The molecule has 1 amide bonds. The van der Waals surface area contributed by atoms with Crippen molar-refractivity contribution in [3.63, 3.8) is 0 Å². The molecule has 0 bridgehead atoms. The number of carboxylic acid groups (broad SMARTS) is 1. The van der Waals surface area contributed by atoms with E-state index in [4.69, 9.17) is 14.2 Å². The number of nitrogens with zero attached hydrogens (tertiary/aromatic N) is 1. The number of ether oxygens (including phenoxy) is 3. The van der Waals surface area contributed by atoms with Gasteiger partial charge in [-0.3, -0.25) is 4.90 Å². The summed E-state index contributed by atoms with van der Waals surface area (Å²) >= 11 is 0. The molecular weight excluding hydrogens is 254 g/mol. The van der Waals surface area contributed by atoms with Gasteiger partial charge in [-0.2, -0.15) is 0 Å². The molecule has 2 aliphatic heterocycles. The van der Waals surface area contributed by atoms with Crippen molar-refractivity contribution in [1.29, 1.82) is 0 Å². The second-order valence-electron chi connectivity index (χ2n) is 5.77. The van der Waals surface area contributed by atoms with Crippen LogP contribution in [0.4, 0.5) is 4.79 Å². The summed E-state index contributed by atoms with van der Waals surface area (Å²) in [4.78, 5) is 24.5. The number of rotatable bonds is 1. The van der Waals surface area contributed by atoms with E-state index in [1.54, 1.807) is 20.8 Å². The minimum atomic E-state index is -1.08. The zero-order chi connectivity index (χ0) is 14.3. The highest BCUT2D eigenvalue weighted by Gasteiger charge is 2.53. The number of amides is 1. The molecule has 19 heavy (non-hydrogen) atoms. The highest BCUT2D eigenvalue weighted by Crippen LogP contribution is 2.35. The van der Waals surface area contributed by atoms with Crippen molar-refractivity contribution in [3.05, 3.63) is 0 Å². The average molecular weight is 273 g/mol. The fourth-order valence-corrected chi connectivity index (χ4v) is 2.28. The minimum Gasteiger partial charge on any atom is -0.480 e. The number of aliphatic carboxylic acids is 1. The SMILES string of the molecule is CC(C)(C)OC(=O)N1CC2(C[C@H]1C(=O)O)OCCO2. The molecule has 2 aliphatic rings. The number of carboxylic acids is 1. The maximum absolute atomic E-state index is 12.0. The molecule has 1 atom stereocenters. The van der Waals surface area contributed by atoms with Crippen LogP contribution in [-0.2, 0) is 19.0 Å². The average Bonchev–Trinajstić information content (AvgIpc) is 2.84. The molecule has 108 valence electrons. The van der Waals surface area contributed by atoms with Gasteiger partial charge in [-0.15, -0.1) is 0 Å². The molecule has 7 heteroatoms. The van der Waals surface area contributed by atoms with E-state index in [2.05, 4.69) is 0 Å². The Morgan fingerprint density at radius 1 is 1.32 bits per heavy atom. The van der Waals surface area contributed by atoms with Crippen LogP contribution in [0.3, 0.4) is 0 Å². The van der Waals surface area contributed by atoms with Gasteiger partial charge in [0.15, 0.2) is 5.79 Å². The lowest BCUT2D eigenvalue weighted by Crippen LogP contribution is -2.44. The molecule has 0 aromatic carbocycles. The fraction of sp³-hybridized carbons (Fsp3) is 0.833. The Kier molecular flexibility index (Phi) is 3.44. The van der Waals surface area contributed by atoms with E-state index in [9.17, 15) is 14.7 Å². The van der Waals surface area contributed by atoms with Crippen LogP contribution in [0.2, 0.25) is 0 Å². The summed E-state index contributed by atoms with van der Waals surface area (Å²) in [5, 5.41) is 9.21. The number of hydrogen-bond donors (Lipinski definition) is 1. The smallest absolute Gasteiger partial charge is 0.411 e. The molecule has 0 radical (unpaired) electrons. The zero-order valence-corrected chi connectivity index (χ0v) is 11.3. The Bertz CT molecular complexity index is 382. The van der Waals surface area contributed by atoms with Crippen LogP contribution in [0.5, 0.6) is 0 Å². The molecule has 1 N–H and O–H groups in total. The Morgan fingerprint density at radius 3 is 2.37 bits per heavy atom. The standard InChI is InChI=1S/C12H19NO6/c1-11(2,3)19-10(16)13-7-12(17-4-5-18-12)6-8(13)9(14)15/h8H,4-7H2,1-3H3,(H,14,15)/t8-/m0/s1. The van der Waals surface area contributed by atoms with Gasteiger partial charge in [-0.1, -0.05) is 0 Å². The van der Waals surface area contributed by atoms with Gasteiger partial charge in [0.1, 0.15) is 11.6 Å². The van der Waals surface area contributed by atoms with Gasteiger partial charge >= 0.3 is 12.1 Å². The number of hydrogen-bond acceptors (Lipinski definition) is 5. The van der Waals surface area contributed by atoms with Gasteiger partial charge < -0.3 is 19.3 Å². The quantitative estimate of drug-likeness (QED) is 0.761. The van der Waals surface area contributed by atoms with E-state index < -0.39 is 29.5 Å². The van der Waals surface area contributed by atoms with E-state index in [1.165, 1.54) is 4.90 Å². The first kappa shape index (κ1) is 14.1. The predicted molar refractivity (Wildman–Crippen MR) is 63.6 cm³/mol. The lowest BCUT2D eigenvalue weighted by Gasteiger charge is -2.27. The van der Waals surface area contributed by atoms with E-state index >= 15 is 0 Å². The van der Waals surface area contributed by atoms with Crippen molar-refractivity contribution in [2.45, 2.75) is 44.6 Å². The first-order valence-electron chi connectivity index (χ1n) is 6.23. The maximum atomic E-state index is 12.0. The van der Waals surface area contributed by atoms with Gasteiger partial charge in [0.05, 0.1) is 19.8 Å². The summed E-state index contributed by atoms with van der Waals surface area (Å²) in [6.45, 7) is 6.10. The normalized spacial score (nSPS) is 25.8. The molecule has 0 aliphatic carbocycles. The Balaban J connectivity index is 2.13. The van der Waals surface area contributed by atoms with Crippen molar-refractivity contribution in [2.24, 2.45) is 0 Å². The second-order valence-corrected chi connectivity index (χ2v) is 5.77. The lowest BCUT2D eigenvalue weighted by molar-refractivity contribution is -0.150. The molecule has 7 nitrogen and oxygen atoms in total. The van der Waals surface area contributed by atoms with Gasteiger partial charge in [0.25, 0.3) is 0 Å². The molecule has 2 heterocycles. The first-order valence-corrected chi connectivity index (χ1v) is 6.23. The summed E-state index contributed by atoms with van der Waals surface area (Å²) < 4.78 is 16.1. The predicted octanol–water partition coefficient (Wildman–Crippen LogP) is 0.824. The van der Waals surface area contributed by atoms with E-state index in [-0.39, 0.29) is 13.0 Å². The minimum absolute atomic E-state index is 0.0822. The van der Waals surface area contributed by atoms with Crippen LogP contribution in [-0.4, -0.2) is 59.3 Å². The third kappa shape index (κ3) is 2.98. The fourth-order valence-electron chi connectivity index (χ4n) is 2.28. The van der Waals surface area contributed by atoms with Crippen molar-refractivity contribution >= 4 is 12.1 Å². The van der Waals surface area contributed by atoms with Gasteiger partial charge in [-0.25, -0.2) is 9.59 Å². The molecule has 2 rings (SSSR count). The van der Waals surface area contributed by atoms with Gasteiger partial charge in [-0.05, 0) is 20.8 Å². The van der Waals surface area contributed by atoms with Crippen molar-refractivity contribution < 1.29 is 28.9 Å². The van der Waals surface area contributed by atoms with Crippen LogP contribution in [0.25, 0.3) is 0 Å².